The van der Waals surface area contributed by atoms with E-state index in [1.54, 1.807) is 0 Å². The molecule has 66 valence electrons. The van der Waals surface area contributed by atoms with Gasteiger partial charge in [-0.2, -0.15) is 0 Å². The molecule has 0 spiro atoms. The molecule has 0 bridgehead atoms. The zero-order valence-corrected chi connectivity index (χ0v) is 7.79. The highest BCUT2D eigenvalue weighted by molar-refractivity contribution is 5.22. The summed E-state index contributed by atoms with van der Waals surface area (Å²) in [5.41, 5.74) is 1.46. The van der Waals surface area contributed by atoms with Gasteiger partial charge in [-0.1, -0.05) is 19.1 Å². The molecule has 1 nitrogen and oxygen atoms in total. The average Bonchev–Trinajstić information content (AvgIpc) is 2.04. The van der Waals surface area contributed by atoms with Crippen molar-refractivity contribution in [1.82, 2.24) is 4.90 Å². The van der Waals surface area contributed by atoms with Crippen molar-refractivity contribution in [2.75, 3.05) is 13.1 Å². The van der Waals surface area contributed by atoms with Crippen LogP contribution >= 0.6 is 0 Å². The second-order valence-electron chi connectivity index (χ2n) is 3.79. The lowest BCUT2D eigenvalue weighted by Gasteiger charge is -2.42. The first kappa shape index (κ1) is 7.90. The summed E-state index contributed by atoms with van der Waals surface area (Å²) in [6.07, 6.45) is 10.7. The number of rotatable bonds is 2. The van der Waals surface area contributed by atoms with Gasteiger partial charge in [0.1, 0.15) is 0 Å². The van der Waals surface area contributed by atoms with Gasteiger partial charge >= 0.3 is 0 Å². The first-order valence-corrected chi connectivity index (χ1v) is 5.02. The maximum atomic E-state index is 2.49. The highest BCUT2D eigenvalue weighted by Gasteiger charge is 2.25. The van der Waals surface area contributed by atoms with Gasteiger partial charge in [-0.05, 0) is 31.3 Å². The third-order valence-electron chi connectivity index (χ3n) is 2.88. The number of hydrogen-bond acceptors (Lipinski definition) is 1. The Labute approximate surface area is 74.8 Å². The third kappa shape index (κ3) is 1.40. The van der Waals surface area contributed by atoms with Crippen LogP contribution in [0.4, 0.5) is 0 Å². The van der Waals surface area contributed by atoms with E-state index in [9.17, 15) is 0 Å². The Kier molecular flexibility index (Phi) is 2.20. The standard InChI is InChI=1S/C11H17N/c1-2-10-8-12(9-10)11-6-4-3-5-7-11/h4,6-7,10H,2-3,5,8-9H2,1H3. The fraction of sp³-hybridized carbons (Fsp3) is 0.636. The van der Waals surface area contributed by atoms with Crippen LogP contribution < -0.4 is 0 Å². The van der Waals surface area contributed by atoms with E-state index in [0.717, 1.165) is 5.92 Å². The molecule has 0 aromatic rings. The second-order valence-corrected chi connectivity index (χ2v) is 3.79. The largest absolute Gasteiger partial charge is 0.371 e. The van der Waals surface area contributed by atoms with E-state index in [1.807, 2.05) is 0 Å². The van der Waals surface area contributed by atoms with Gasteiger partial charge in [0.25, 0.3) is 0 Å². The zero-order chi connectivity index (χ0) is 8.39. The van der Waals surface area contributed by atoms with E-state index in [-0.39, 0.29) is 0 Å². The summed E-state index contributed by atoms with van der Waals surface area (Å²) in [6.45, 7) is 4.85. The SMILES string of the molecule is CCC1CN(C2=CCCC=C2)C1. The molecule has 0 aromatic carbocycles. The van der Waals surface area contributed by atoms with Crippen molar-refractivity contribution in [2.24, 2.45) is 5.92 Å². The first-order chi connectivity index (χ1) is 5.90. The Morgan fingerprint density at radius 2 is 2.25 bits per heavy atom. The van der Waals surface area contributed by atoms with Crippen molar-refractivity contribution in [3.8, 4) is 0 Å². The fourth-order valence-electron chi connectivity index (χ4n) is 1.87. The molecule has 1 aliphatic carbocycles. The molecule has 0 aromatic heterocycles. The average molecular weight is 163 g/mol. The maximum Gasteiger partial charge on any atom is 0.0322 e. The lowest BCUT2D eigenvalue weighted by atomic mass is 9.95. The Balaban J connectivity index is 1.87. The molecule has 1 heteroatoms. The predicted molar refractivity (Wildman–Crippen MR) is 51.8 cm³/mol. The van der Waals surface area contributed by atoms with Crippen LogP contribution in [0.1, 0.15) is 26.2 Å². The molecule has 0 saturated carbocycles. The summed E-state index contributed by atoms with van der Waals surface area (Å²) in [4.78, 5) is 2.49. The summed E-state index contributed by atoms with van der Waals surface area (Å²) in [5, 5.41) is 0. The van der Waals surface area contributed by atoms with Crippen molar-refractivity contribution in [3.63, 3.8) is 0 Å². The van der Waals surface area contributed by atoms with Gasteiger partial charge in [0.15, 0.2) is 0 Å². The van der Waals surface area contributed by atoms with Crippen LogP contribution in [0.2, 0.25) is 0 Å². The van der Waals surface area contributed by atoms with Crippen LogP contribution in [0.25, 0.3) is 0 Å². The molecule has 1 saturated heterocycles. The lowest BCUT2D eigenvalue weighted by Crippen LogP contribution is -2.45. The smallest absolute Gasteiger partial charge is 0.0322 e. The molecule has 1 fully saturated rings. The summed E-state index contributed by atoms with van der Waals surface area (Å²) in [5.74, 6) is 0.959. The first-order valence-electron chi connectivity index (χ1n) is 5.02. The van der Waals surface area contributed by atoms with Gasteiger partial charge in [0.2, 0.25) is 0 Å². The Morgan fingerprint density at radius 3 is 2.83 bits per heavy atom. The normalized spacial score (nSPS) is 23.8. The summed E-state index contributed by atoms with van der Waals surface area (Å²) >= 11 is 0. The molecule has 1 aliphatic heterocycles. The van der Waals surface area contributed by atoms with E-state index >= 15 is 0 Å². The molecule has 1 heterocycles. The van der Waals surface area contributed by atoms with Crippen molar-refractivity contribution in [3.05, 3.63) is 23.9 Å². The summed E-state index contributed by atoms with van der Waals surface area (Å²) < 4.78 is 0. The Bertz CT molecular complexity index is 209. The molecular formula is C11H17N. The van der Waals surface area contributed by atoms with Gasteiger partial charge < -0.3 is 4.90 Å². The Morgan fingerprint density at radius 1 is 1.42 bits per heavy atom. The minimum atomic E-state index is 0.959. The number of hydrogen-bond donors (Lipinski definition) is 0. The van der Waals surface area contributed by atoms with Crippen LogP contribution in [0, 0.1) is 5.92 Å². The molecule has 0 atom stereocenters. The van der Waals surface area contributed by atoms with Crippen LogP contribution in [-0.2, 0) is 0 Å². The summed E-state index contributed by atoms with van der Waals surface area (Å²) in [6, 6.07) is 0. The van der Waals surface area contributed by atoms with E-state index < -0.39 is 0 Å². The number of allylic oxidation sites excluding steroid dienone is 3. The zero-order valence-electron chi connectivity index (χ0n) is 7.79. The quantitative estimate of drug-likeness (QED) is 0.604. The van der Waals surface area contributed by atoms with Crippen molar-refractivity contribution >= 4 is 0 Å². The fourth-order valence-corrected chi connectivity index (χ4v) is 1.87. The van der Waals surface area contributed by atoms with Crippen molar-refractivity contribution < 1.29 is 0 Å². The molecule has 0 N–H and O–H groups in total. The molecule has 2 aliphatic rings. The van der Waals surface area contributed by atoms with Gasteiger partial charge in [0.05, 0.1) is 0 Å². The maximum absolute atomic E-state index is 2.49. The highest BCUT2D eigenvalue weighted by atomic mass is 15.2. The van der Waals surface area contributed by atoms with Crippen molar-refractivity contribution in [1.29, 1.82) is 0 Å². The van der Waals surface area contributed by atoms with Gasteiger partial charge in [-0.25, -0.2) is 0 Å². The predicted octanol–water partition coefficient (Wildman–Crippen LogP) is 2.56. The monoisotopic (exact) mass is 163 g/mol. The minimum Gasteiger partial charge on any atom is -0.371 e. The van der Waals surface area contributed by atoms with Gasteiger partial charge in [0, 0.05) is 18.8 Å². The van der Waals surface area contributed by atoms with E-state index in [2.05, 4.69) is 30.1 Å². The number of nitrogens with zero attached hydrogens (tertiary/aromatic N) is 1. The highest BCUT2D eigenvalue weighted by Crippen LogP contribution is 2.25. The second kappa shape index (κ2) is 3.34. The molecule has 0 radical (unpaired) electrons. The Hall–Kier alpha value is -0.720. The van der Waals surface area contributed by atoms with Crippen LogP contribution in [0.3, 0.4) is 0 Å². The topological polar surface area (TPSA) is 3.24 Å². The van der Waals surface area contributed by atoms with E-state index in [0.29, 0.717) is 0 Å². The van der Waals surface area contributed by atoms with E-state index in [1.165, 1.54) is 38.0 Å². The van der Waals surface area contributed by atoms with Gasteiger partial charge in [-0.3, -0.25) is 0 Å². The molecule has 0 unspecified atom stereocenters. The third-order valence-corrected chi connectivity index (χ3v) is 2.88. The van der Waals surface area contributed by atoms with E-state index in [4.69, 9.17) is 0 Å². The molecule has 0 amide bonds. The van der Waals surface area contributed by atoms with Crippen LogP contribution in [0.15, 0.2) is 23.9 Å². The summed E-state index contributed by atoms with van der Waals surface area (Å²) in [7, 11) is 0. The van der Waals surface area contributed by atoms with Crippen molar-refractivity contribution in [2.45, 2.75) is 26.2 Å². The lowest BCUT2D eigenvalue weighted by molar-refractivity contribution is 0.144. The van der Waals surface area contributed by atoms with Crippen LogP contribution in [-0.4, -0.2) is 18.0 Å². The minimum absolute atomic E-state index is 0.959. The molecular weight excluding hydrogens is 146 g/mol. The van der Waals surface area contributed by atoms with Gasteiger partial charge in [-0.15, -0.1) is 0 Å². The number of likely N-dealkylation sites (tertiary alicyclic amines) is 1. The molecule has 12 heavy (non-hydrogen) atoms. The molecule has 2 rings (SSSR count). The van der Waals surface area contributed by atoms with Crippen LogP contribution in [0.5, 0.6) is 0 Å².